The van der Waals surface area contributed by atoms with Gasteiger partial charge in [-0.05, 0) is 50.0 Å². The van der Waals surface area contributed by atoms with Crippen molar-refractivity contribution in [1.29, 1.82) is 5.26 Å². The number of hydrogen-bond acceptors (Lipinski definition) is 7. The Bertz CT molecular complexity index is 745. The Morgan fingerprint density at radius 2 is 1.96 bits per heavy atom. The fourth-order valence-corrected chi connectivity index (χ4v) is 4.49. The molecule has 0 aromatic heterocycles. The van der Waals surface area contributed by atoms with Crippen LogP contribution in [0.4, 0.5) is 0 Å². The molecule has 2 heterocycles. The van der Waals surface area contributed by atoms with Gasteiger partial charge in [0.15, 0.2) is 11.5 Å². The van der Waals surface area contributed by atoms with Crippen LogP contribution in [0.1, 0.15) is 24.0 Å². The van der Waals surface area contributed by atoms with Crippen molar-refractivity contribution in [2.45, 2.75) is 25.4 Å². The van der Waals surface area contributed by atoms with Crippen LogP contribution in [0.15, 0.2) is 17.0 Å². The third-order valence-corrected chi connectivity index (χ3v) is 6.13. The second kappa shape index (κ2) is 10.8. The zero-order chi connectivity index (χ0) is 19.2. The number of nitriles is 1. The molecule has 0 radical (unpaired) electrons. The number of benzene rings is 1. The van der Waals surface area contributed by atoms with E-state index in [1.165, 1.54) is 24.6 Å². The third kappa shape index (κ3) is 5.26. The minimum Gasteiger partial charge on any atom is -0.493 e. The molecule has 8 heteroatoms. The summed E-state index contributed by atoms with van der Waals surface area (Å²) in [6, 6.07) is 6.22. The van der Waals surface area contributed by atoms with E-state index in [4.69, 9.17) is 9.47 Å². The summed E-state index contributed by atoms with van der Waals surface area (Å²) in [6.45, 7) is 3.56. The van der Waals surface area contributed by atoms with Crippen LogP contribution in [0.5, 0.6) is 11.5 Å². The van der Waals surface area contributed by atoms with Gasteiger partial charge in [0.25, 0.3) is 0 Å². The molecule has 1 saturated heterocycles. The van der Waals surface area contributed by atoms with Gasteiger partial charge in [-0.15, -0.1) is 24.2 Å². The molecule has 0 spiro atoms. The van der Waals surface area contributed by atoms with Crippen LogP contribution in [0.3, 0.4) is 0 Å². The Labute approximate surface area is 177 Å². The standard InChI is InChI=1S/C20H27N3O3S.ClH/c1-25-17-9-14-5-6-22-20(16(14)10-18(17)26-2)19(11-21)27-13-15(24)12-23-7-3-4-8-23;/h9-10,15,22,24H,3-8,12-13H2,1-2H3;1H. The number of aliphatic hydroxyl groups is 1. The van der Waals surface area contributed by atoms with E-state index in [2.05, 4.69) is 16.3 Å². The Morgan fingerprint density at radius 3 is 2.61 bits per heavy atom. The Balaban J connectivity index is 0.00000280. The summed E-state index contributed by atoms with van der Waals surface area (Å²) in [5.41, 5.74) is 2.92. The number of likely N-dealkylation sites (tertiary alicyclic amines) is 1. The summed E-state index contributed by atoms with van der Waals surface area (Å²) in [5.74, 6) is 1.85. The van der Waals surface area contributed by atoms with Crippen LogP contribution >= 0.6 is 24.2 Å². The van der Waals surface area contributed by atoms with E-state index in [1.807, 2.05) is 12.1 Å². The molecule has 28 heavy (non-hydrogen) atoms. The number of methoxy groups -OCH3 is 2. The molecule has 0 bridgehead atoms. The predicted octanol–water partition coefficient (Wildman–Crippen LogP) is 2.65. The van der Waals surface area contributed by atoms with Gasteiger partial charge in [0.2, 0.25) is 0 Å². The number of rotatable bonds is 7. The maximum absolute atomic E-state index is 10.3. The molecule has 154 valence electrons. The van der Waals surface area contributed by atoms with Gasteiger partial charge < -0.3 is 24.8 Å². The number of nitrogens with zero attached hydrogens (tertiary/aromatic N) is 2. The number of allylic oxidation sites excluding steroid dienone is 1. The first-order valence-corrected chi connectivity index (χ1v) is 10.3. The van der Waals surface area contributed by atoms with Crippen molar-refractivity contribution in [1.82, 2.24) is 10.2 Å². The summed E-state index contributed by atoms with van der Waals surface area (Å²) in [7, 11) is 3.24. The Morgan fingerprint density at radius 1 is 1.29 bits per heavy atom. The fraction of sp³-hybridized carbons (Fsp3) is 0.550. The highest BCUT2D eigenvalue weighted by Crippen LogP contribution is 2.37. The first kappa shape index (κ1) is 22.7. The van der Waals surface area contributed by atoms with E-state index in [-0.39, 0.29) is 12.4 Å². The molecule has 1 atom stereocenters. The van der Waals surface area contributed by atoms with Gasteiger partial charge in [-0.3, -0.25) is 0 Å². The van der Waals surface area contributed by atoms with E-state index in [9.17, 15) is 10.4 Å². The maximum Gasteiger partial charge on any atom is 0.161 e. The van der Waals surface area contributed by atoms with Crippen molar-refractivity contribution < 1.29 is 14.6 Å². The number of hydrogen-bond donors (Lipinski definition) is 2. The van der Waals surface area contributed by atoms with Gasteiger partial charge in [-0.1, -0.05) is 0 Å². The van der Waals surface area contributed by atoms with Crippen molar-refractivity contribution in [3.63, 3.8) is 0 Å². The number of halogens is 1. The Kier molecular flexibility index (Phi) is 8.77. The Hall–Kier alpha value is -1.59. The van der Waals surface area contributed by atoms with Crippen molar-refractivity contribution in [2.75, 3.05) is 46.2 Å². The van der Waals surface area contributed by atoms with Crippen molar-refractivity contribution in [3.05, 3.63) is 28.2 Å². The number of fused-ring (bicyclic) bond motifs is 1. The largest absolute Gasteiger partial charge is 0.493 e. The molecule has 6 nitrogen and oxygen atoms in total. The number of β-amino-alcohol motifs (C(OH)–C–C–N with tert-alkyl or cyclic N) is 1. The van der Waals surface area contributed by atoms with Crippen molar-refractivity contribution in [2.24, 2.45) is 0 Å². The van der Waals surface area contributed by atoms with Crippen LogP contribution < -0.4 is 14.8 Å². The van der Waals surface area contributed by atoms with Crippen LogP contribution in [0.25, 0.3) is 5.70 Å². The van der Waals surface area contributed by atoms with E-state index >= 15 is 0 Å². The summed E-state index contributed by atoms with van der Waals surface area (Å²) in [4.78, 5) is 2.89. The van der Waals surface area contributed by atoms with Gasteiger partial charge in [0.1, 0.15) is 11.0 Å². The highest BCUT2D eigenvalue weighted by Gasteiger charge is 2.22. The quantitative estimate of drug-likeness (QED) is 0.650. The van der Waals surface area contributed by atoms with Crippen LogP contribution in [0, 0.1) is 11.3 Å². The lowest BCUT2D eigenvalue weighted by molar-refractivity contribution is 0.145. The second-order valence-corrected chi connectivity index (χ2v) is 7.86. The number of ether oxygens (including phenoxy) is 2. The molecular formula is C20H28ClN3O3S. The van der Waals surface area contributed by atoms with E-state index < -0.39 is 6.10 Å². The molecule has 1 aromatic rings. The SMILES string of the molecule is COc1cc2c(cc1OC)C(=C(C#N)SCC(O)CN1CCCC1)NCC2.Cl. The lowest BCUT2D eigenvalue weighted by Gasteiger charge is -2.24. The summed E-state index contributed by atoms with van der Waals surface area (Å²) in [5, 5.41) is 23.4. The fourth-order valence-electron chi connectivity index (χ4n) is 3.64. The lowest BCUT2D eigenvalue weighted by Crippen LogP contribution is -2.31. The molecule has 0 amide bonds. The lowest BCUT2D eigenvalue weighted by atomic mass is 9.97. The van der Waals surface area contributed by atoms with Gasteiger partial charge in [0, 0.05) is 24.4 Å². The maximum atomic E-state index is 10.3. The molecule has 2 aliphatic rings. The highest BCUT2D eigenvalue weighted by atomic mass is 35.5. The van der Waals surface area contributed by atoms with Crippen molar-refractivity contribution in [3.8, 4) is 17.6 Å². The number of aliphatic hydroxyl groups excluding tert-OH is 1. The van der Waals surface area contributed by atoms with Crippen molar-refractivity contribution >= 4 is 29.9 Å². The number of nitrogens with one attached hydrogen (secondary N) is 1. The van der Waals surface area contributed by atoms with E-state index in [0.717, 1.165) is 42.9 Å². The molecular weight excluding hydrogens is 398 g/mol. The molecule has 1 unspecified atom stereocenters. The first-order chi connectivity index (χ1) is 13.2. The van der Waals surface area contributed by atoms with Gasteiger partial charge in [-0.25, -0.2) is 0 Å². The number of thioether (sulfide) groups is 1. The van der Waals surface area contributed by atoms with Crippen LogP contribution in [-0.2, 0) is 6.42 Å². The normalized spacial score (nSPS) is 18.9. The molecule has 1 aromatic carbocycles. The highest BCUT2D eigenvalue weighted by molar-refractivity contribution is 8.03. The monoisotopic (exact) mass is 425 g/mol. The van der Waals surface area contributed by atoms with Crippen LogP contribution in [-0.4, -0.2) is 62.3 Å². The average Bonchev–Trinajstić information content (AvgIpc) is 3.20. The first-order valence-electron chi connectivity index (χ1n) is 9.33. The minimum absolute atomic E-state index is 0. The molecule has 3 rings (SSSR count). The topological polar surface area (TPSA) is 77.8 Å². The smallest absolute Gasteiger partial charge is 0.161 e. The molecule has 1 fully saturated rings. The van der Waals surface area contributed by atoms with Gasteiger partial charge in [-0.2, -0.15) is 5.26 Å². The van der Waals surface area contributed by atoms with Gasteiger partial charge >= 0.3 is 0 Å². The molecule has 2 N–H and O–H groups in total. The van der Waals surface area contributed by atoms with E-state index in [1.54, 1.807) is 14.2 Å². The molecule has 2 aliphatic heterocycles. The zero-order valence-corrected chi connectivity index (χ0v) is 18.0. The van der Waals surface area contributed by atoms with Crippen LogP contribution in [0.2, 0.25) is 0 Å². The summed E-state index contributed by atoms with van der Waals surface area (Å²) >= 11 is 1.41. The summed E-state index contributed by atoms with van der Waals surface area (Å²) < 4.78 is 10.8. The van der Waals surface area contributed by atoms with E-state index in [0.29, 0.717) is 28.7 Å². The second-order valence-electron chi connectivity index (χ2n) is 6.83. The predicted molar refractivity (Wildman–Crippen MR) is 115 cm³/mol. The summed E-state index contributed by atoms with van der Waals surface area (Å²) in [6.07, 6.45) is 2.84. The minimum atomic E-state index is -0.439. The average molecular weight is 426 g/mol. The molecule has 0 aliphatic carbocycles. The van der Waals surface area contributed by atoms with Gasteiger partial charge in [0.05, 0.1) is 26.0 Å². The third-order valence-electron chi connectivity index (χ3n) is 4.99. The molecule has 0 saturated carbocycles. The zero-order valence-electron chi connectivity index (χ0n) is 16.4.